The molecule has 2 atom stereocenters. The Kier molecular flexibility index (Phi) is 3.07. The molecule has 3 rings (SSSR count). The standard InChI is InChI=1S/C15H20O2S/c1-10-7-11(3-6-14(10)17-2)15(16)8-12-4-5-13(9-15)18-12/h3,6-7,12-13,16H,4-5,8-9H2,1-2H3. The molecule has 18 heavy (non-hydrogen) atoms. The SMILES string of the molecule is COc1ccc(C2(O)CC3CCC(C2)S3)cc1C. The second-order valence-corrected chi connectivity index (χ2v) is 7.19. The highest BCUT2D eigenvalue weighted by molar-refractivity contribution is 8.00. The first kappa shape index (κ1) is 12.4. The number of ether oxygens (including phenoxy) is 1. The van der Waals surface area contributed by atoms with Gasteiger partial charge in [-0.25, -0.2) is 0 Å². The van der Waals surface area contributed by atoms with Crippen LogP contribution in [-0.2, 0) is 5.60 Å². The molecule has 2 heterocycles. The number of benzene rings is 1. The van der Waals surface area contributed by atoms with Crippen LogP contribution < -0.4 is 4.74 Å². The van der Waals surface area contributed by atoms with Crippen molar-refractivity contribution in [3.8, 4) is 5.75 Å². The van der Waals surface area contributed by atoms with Crippen molar-refractivity contribution >= 4 is 11.8 Å². The molecule has 1 aromatic rings. The van der Waals surface area contributed by atoms with Gasteiger partial charge in [-0.3, -0.25) is 0 Å². The summed E-state index contributed by atoms with van der Waals surface area (Å²) in [5, 5.41) is 12.3. The van der Waals surface area contributed by atoms with E-state index in [0.717, 1.165) is 29.7 Å². The summed E-state index contributed by atoms with van der Waals surface area (Å²) in [6, 6.07) is 6.10. The molecule has 2 nitrogen and oxygen atoms in total. The molecule has 0 aromatic heterocycles. The lowest BCUT2D eigenvalue weighted by Crippen LogP contribution is -2.34. The van der Waals surface area contributed by atoms with E-state index in [0.29, 0.717) is 10.5 Å². The van der Waals surface area contributed by atoms with Crippen molar-refractivity contribution in [2.24, 2.45) is 0 Å². The summed E-state index contributed by atoms with van der Waals surface area (Å²) in [6.45, 7) is 2.04. The van der Waals surface area contributed by atoms with E-state index >= 15 is 0 Å². The maximum atomic E-state index is 11.0. The van der Waals surface area contributed by atoms with Crippen LogP contribution in [0, 0.1) is 6.92 Å². The molecule has 3 heteroatoms. The Labute approximate surface area is 113 Å². The van der Waals surface area contributed by atoms with Crippen molar-refractivity contribution in [1.82, 2.24) is 0 Å². The van der Waals surface area contributed by atoms with Gasteiger partial charge in [0.25, 0.3) is 0 Å². The van der Waals surface area contributed by atoms with Gasteiger partial charge in [-0.2, -0.15) is 11.8 Å². The molecule has 2 fully saturated rings. The molecule has 98 valence electrons. The number of rotatable bonds is 2. The van der Waals surface area contributed by atoms with Crippen LogP contribution >= 0.6 is 11.8 Å². The van der Waals surface area contributed by atoms with E-state index in [-0.39, 0.29) is 0 Å². The molecule has 2 bridgehead atoms. The van der Waals surface area contributed by atoms with E-state index in [2.05, 4.69) is 17.8 Å². The molecule has 2 aliphatic rings. The molecule has 0 saturated carbocycles. The van der Waals surface area contributed by atoms with Crippen LogP contribution in [0.1, 0.15) is 36.8 Å². The van der Waals surface area contributed by atoms with Gasteiger partial charge < -0.3 is 9.84 Å². The summed E-state index contributed by atoms with van der Waals surface area (Å²) in [6.07, 6.45) is 4.35. The smallest absolute Gasteiger partial charge is 0.121 e. The van der Waals surface area contributed by atoms with Crippen molar-refractivity contribution in [2.75, 3.05) is 7.11 Å². The third kappa shape index (κ3) is 2.04. The number of thioether (sulfide) groups is 1. The van der Waals surface area contributed by atoms with Crippen molar-refractivity contribution in [3.63, 3.8) is 0 Å². The number of aryl methyl sites for hydroxylation is 1. The van der Waals surface area contributed by atoms with Gasteiger partial charge in [0.05, 0.1) is 12.7 Å². The van der Waals surface area contributed by atoms with Gasteiger partial charge in [0.15, 0.2) is 0 Å². The Morgan fingerprint density at radius 3 is 2.50 bits per heavy atom. The monoisotopic (exact) mass is 264 g/mol. The van der Waals surface area contributed by atoms with Crippen molar-refractivity contribution in [1.29, 1.82) is 0 Å². The van der Waals surface area contributed by atoms with Gasteiger partial charge in [0.1, 0.15) is 5.75 Å². The Morgan fingerprint density at radius 2 is 1.94 bits per heavy atom. The summed E-state index contributed by atoms with van der Waals surface area (Å²) in [5.74, 6) is 0.899. The lowest BCUT2D eigenvalue weighted by Gasteiger charge is -2.36. The average Bonchev–Trinajstić information content (AvgIpc) is 2.69. The Hall–Kier alpha value is -0.670. The molecule has 0 aliphatic carbocycles. The Balaban J connectivity index is 1.91. The summed E-state index contributed by atoms with van der Waals surface area (Å²) in [5.41, 5.74) is 1.56. The number of hydrogen-bond acceptors (Lipinski definition) is 3. The van der Waals surface area contributed by atoms with E-state index in [4.69, 9.17) is 4.74 Å². The maximum Gasteiger partial charge on any atom is 0.121 e. The van der Waals surface area contributed by atoms with Crippen molar-refractivity contribution in [2.45, 2.75) is 48.7 Å². The number of aliphatic hydroxyl groups is 1. The molecule has 0 amide bonds. The fourth-order valence-electron chi connectivity index (χ4n) is 3.32. The lowest BCUT2D eigenvalue weighted by molar-refractivity contribution is 0.0195. The fraction of sp³-hybridized carbons (Fsp3) is 0.600. The van der Waals surface area contributed by atoms with Gasteiger partial charge in [-0.1, -0.05) is 6.07 Å². The molecule has 1 N–H and O–H groups in total. The van der Waals surface area contributed by atoms with Gasteiger partial charge >= 0.3 is 0 Å². The normalized spacial score (nSPS) is 34.6. The summed E-state index contributed by atoms with van der Waals surface area (Å²) in [7, 11) is 1.69. The quantitative estimate of drug-likeness (QED) is 0.889. The second kappa shape index (κ2) is 4.46. The average molecular weight is 264 g/mol. The maximum absolute atomic E-state index is 11.0. The van der Waals surface area contributed by atoms with Crippen molar-refractivity contribution in [3.05, 3.63) is 29.3 Å². The molecule has 2 saturated heterocycles. The van der Waals surface area contributed by atoms with Crippen LogP contribution in [0.4, 0.5) is 0 Å². The first-order chi connectivity index (χ1) is 8.60. The van der Waals surface area contributed by atoms with Crippen molar-refractivity contribution < 1.29 is 9.84 Å². The zero-order valence-corrected chi connectivity index (χ0v) is 11.8. The van der Waals surface area contributed by atoms with E-state index in [9.17, 15) is 5.11 Å². The Bertz CT molecular complexity index is 446. The largest absolute Gasteiger partial charge is 0.496 e. The minimum absolute atomic E-state index is 0.617. The van der Waals surface area contributed by atoms with Gasteiger partial charge in [-0.05, 0) is 55.9 Å². The third-order valence-electron chi connectivity index (χ3n) is 4.26. The van der Waals surface area contributed by atoms with Crippen LogP contribution in [0.3, 0.4) is 0 Å². The molecular weight excluding hydrogens is 244 g/mol. The highest BCUT2D eigenvalue weighted by atomic mass is 32.2. The van der Waals surface area contributed by atoms with Gasteiger partial charge in [0.2, 0.25) is 0 Å². The topological polar surface area (TPSA) is 29.5 Å². The minimum atomic E-state index is -0.617. The van der Waals surface area contributed by atoms with Gasteiger partial charge in [0, 0.05) is 10.5 Å². The molecular formula is C15H20O2S. The van der Waals surface area contributed by atoms with Crippen LogP contribution in [-0.4, -0.2) is 22.7 Å². The number of fused-ring (bicyclic) bond motifs is 2. The molecule has 0 radical (unpaired) electrons. The van der Waals surface area contributed by atoms with Crippen LogP contribution in [0.25, 0.3) is 0 Å². The zero-order chi connectivity index (χ0) is 12.8. The molecule has 2 aliphatic heterocycles. The van der Waals surface area contributed by atoms with Crippen LogP contribution in [0.2, 0.25) is 0 Å². The predicted octanol–water partition coefficient (Wildman–Crippen LogP) is 3.25. The fourth-order valence-corrected chi connectivity index (χ4v) is 5.15. The predicted molar refractivity (Wildman–Crippen MR) is 75.3 cm³/mol. The van der Waals surface area contributed by atoms with E-state index in [1.807, 2.05) is 19.1 Å². The molecule has 1 aromatic carbocycles. The molecule has 0 spiro atoms. The number of hydrogen-bond donors (Lipinski definition) is 1. The number of methoxy groups -OCH3 is 1. The summed E-state index contributed by atoms with van der Waals surface area (Å²) < 4.78 is 5.29. The Morgan fingerprint density at radius 1 is 1.28 bits per heavy atom. The first-order valence-corrected chi connectivity index (χ1v) is 7.58. The van der Waals surface area contributed by atoms with Crippen LogP contribution in [0.15, 0.2) is 18.2 Å². The van der Waals surface area contributed by atoms with E-state index in [1.54, 1.807) is 7.11 Å². The highest BCUT2D eigenvalue weighted by Gasteiger charge is 2.44. The highest BCUT2D eigenvalue weighted by Crippen LogP contribution is 2.51. The lowest BCUT2D eigenvalue weighted by atomic mass is 9.85. The van der Waals surface area contributed by atoms with Gasteiger partial charge in [-0.15, -0.1) is 0 Å². The summed E-state index contributed by atoms with van der Waals surface area (Å²) in [4.78, 5) is 0. The minimum Gasteiger partial charge on any atom is -0.496 e. The van der Waals surface area contributed by atoms with E-state index in [1.165, 1.54) is 12.8 Å². The molecule has 2 unspecified atom stereocenters. The van der Waals surface area contributed by atoms with E-state index < -0.39 is 5.60 Å². The second-order valence-electron chi connectivity index (χ2n) is 5.58. The summed E-state index contributed by atoms with van der Waals surface area (Å²) >= 11 is 2.08. The van der Waals surface area contributed by atoms with Crippen LogP contribution in [0.5, 0.6) is 5.75 Å². The third-order valence-corrected chi connectivity index (χ3v) is 5.83. The zero-order valence-electron chi connectivity index (χ0n) is 11.0. The first-order valence-electron chi connectivity index (χ1n) is 6.64.